The Labute approximate surface area is 294 Å². The van der Waals surface area contributed by atoms with E-state index in [2.05, 4.69) is 23.8 Å². The smallest absolute Gasteiger partial charge is 0.862 e. The number of ether oxygens (including phenoxy) is 2. The Morgan fingerprint density at radius 2 is 1.78 bits per heavy atom. The van der Waals surface area contributed by atoms with E-state index in [-0.39, 0.29) is 88.4 Å². The molecule has 3 N–H and O–H groups in total. The van der Waals surface area contributed by atoms with Gasteiger partial charge >= 0.3 is 70.1 Å². The van der Waals surface area contributed by atoms with Crippen LogP contribution in [0, 0.1) is 0 Å². The minimum atomic E-state index is -5.57. The third kappa shape index (κ3) is 16.5. The number of nitrogens with zero attached hydrogens (tertiary/aromatic N) is 4. The predicted octanol–water partition coefficient (Wildman–Crippen LogP) is -9.62. The van der Waals surface area contributed by atoms with E-state index in [1.807, 2.05) is 30.3 Å². The van der Waals surface area contributed by atoms with Crippen molar-refractivity contribution >= 4 is 33.4 Å². The molecule has 232 valence electrons. The average molecular weight is 652 g/mol. The molecule has 0 saturated carbocycles. The molecule has 2 heterocycles. The second-order valence-corrected chi connectivity index (χ2v) is 11.7. The second kappa shape index (κ2) is 20.9. The Bertz CT molecular complexity index is 1400. The molecule has 1 saturated heterocycles. The summed E-state index contributed by atoms with van der Waals surface area (Å²) < 4.78 is 41.6. The molecule has 1 aliphatic rings. The molecule has 0 bridgehead atoms. The number of aliphatic hydroxyl groups is 1. The van der Waals surface area contributed by atoms with E-state index in [0.29, 0.717) is 19.3 Å². The molecule has 1 aliphatic heterocycles. The van der Waals surface area contributed by atoms with Crippen molar-refractivity contribution in [2.75, 3.05) is 13.2 Å². The van der Waals surface area contributed by atoms with Crippen molar-refractivity contribution < 1.29 is 114 Å². The normalized spacial score (nSPS) is 20.9. The van der Waals surface area contributed by atoms with E-state index in [0.717, 1.165) is 10.1 Å². The van der Waals surface area contributed by atoms with E-state index in [9.17, 15) is 39.0 Å². The number of unbranched alkanes of at least 4 members (excludes halogenated alkanes) is 2. The molecule has 5 atom stereocenters. The summed E-state index contributed by atoms with van der Waals surface area (Å²) in [6.07, 6.45) is -1.46. The summed E-state index contributed by atoms with van der Waals surface area (Å²) in [5, 5.41) is 34.0. The maximum atomic E-state index is 12.5. The summed E-state index contributed by atoms with van der Waals surface area (Å²) in [5.41, 5.74) is -0.00119. The number of phosphoric ester groups is 1. The number of benzene rings is 1. The molecule has 0 spiro atoms. The molecule has 45 heavy (non-hydrogen) atoms. The topological polar surface area (TPSA) is 261 Å². The van der Waals surface area contributed by atoms with Gasteiger partial charge in [0.1, 0.15) is 18.4 Å². The van der Waals surface area contributed by atoms with Gasteiger partial charge in [-0.15, -0.1) is 0 Å². The molecule has 2 aromatic rings. The molecule has 2 unspecified atom stereocenters. The number of hydrogen-bond donors (Lipinski definition) is 3. The molecular weight excluding hydrogens is 623 g/mol. The largest absolute Gasteiger partial charge is 1.00 e. The number of aliphatic hydroxyl groups excluding tert-OH is 1. The molecule has 0 radical (unpaired) electrons. The Hall–Kier alpha value is -1.19. The molecular formula is C23H29Li3N4O13P2. The number of aliphatic imine (C=N–C) groups is 2. The first-order valence-electron chi connectivity index (χ1n) is 12.6. The first-order chi connectivity index (χ1) is 19.8. The first kappa shape index (κ1) is 43.8. The molecule has 22 heteroatoms. The van der Waals surface area contributed by atoms with Crippen LogP contribution in [0.15, 0.2) is 57.4 Å². The molecule has 3 rings (SSSR count). The molecule has 0 aliphatic carbocycles. The van der Waals surface area contributed by atoms with Crippen LogP contribution >= 0.6 is 15.6 Å². The zero-order valence-electron chi connectivity index (χ0n) is 25.0. The zero-order chi connectivity index (χ0) is 30.8. The number of phosphoric acid groups is 2. The fourth-order valence-corrected chi connectivity index (χ4v) is 5.29. The van der Waals surface area contributed by atoms with Crippen LogP contribution in [0.2, 0.25) is 0 Å². The number of hydrogen-bond acceptors (Lipinski definition) is 14. The van der Waals surface area contributed by atoms with Gasteiger partial charge in [0.25, 0.3) is 7.82 Å². The van der Waals surface area contributed by atoms with Gasteiger partial charge in [0.2, 0.25) is 0 Å². The van der Waals surface area contributed by atoms with Crippen LogP contribution in [-0.2, 0) is 34.0 Å². The van der Waals surface area contributed by atoms with Crippen molar-refractivity contribution in [1.82, 2.24) is 9.55 Å². The van der Waals surface area contributed by atoms with Crippen LogP contribution in [0.1, 0.15) is 43.9 Å². The molecule has 1 fully saturated rings. The third-order valence-corrected chi connectivity index (χ3v) is 7.80. The maximum absolute atomic E-state index is 12.5. The summed E-state index contributed by atoms with van der Waals surface area (Å²) in [6.45, 7) is -0.417. The molecule has 1 aromatic carbocycles. The number of aromatic nitrogens is 2. The van der Waals surface area contributed by atoms with E-state index in [1.165, 1.54) is 12.3 Å². The minimum Gasteiger partial charge on any atom is -0.862 e. The second-order valence-electron chi connectivity index (χ2n) is 8.96. The number of rotatable bonds is 15. The Morgan fingerprint density at radius 1 is 1.09 bits per heavy atom. The van der Waals surface area contributed by atoms with Gasteiger partial charge in [0.05, 0.1) is 12.7 Å². The van der Waals surface area contributed by atoms with E-state index < -0.39 is 58.4 Å². The van der Waals surface area contributed by atoms with Crippen LogP contribution in [-0.4, -0.2) is 61.8 Å². The summed E-state index contributed by atoms with van der Waals surface area (Å²) in [4.78, 5) is 52.2. The van der Waals surface area contributed by atoms with Gasteiger partial charge in [-0.2, -0.15) is 4.98 Å². The molecule has 0 amide bonds. The van der Waals surface area contributed by atoms with Gasteiger partial charge in [-0.3, -0.25) is 18.6 Å². The SMILES string of the molecule is O=c1nc(N=C([O-])CCCCCN=C([O-])OCc2ccccc2)ccn1[C@H]1C[C@H](O)[C@@H](COP(=O)(O)OP(=O)([O-])O)O1.[Li+].[Li+].[Li+]. The van der Waals surface area contributed by atoms with Crippen molar-refractivity contribution in [3.63, 3.8) is 0 Å². The Morgan fingerprint density at radius 3 is 2.42 bits per heavy atom. The summed E-state index contributed by atoms with van der Waals surface area (Å²) in [5.74, 6) is -0.648. The Kier molecular flexibility index (Phi) is 20.4. The fraction of sp³-hybridized carbons (Fsp3) is 0.478. The van der Waals surface area contributed by atoms with Gasteiger partial charge in [-0.1, -0.05) is 36.8 Å². The maximum Gasteiger partial charge on any atom is 1.00 e. The zero-order valence-corrected chi connectivity index (χ0v) is 26.8. The summed E-state index contributed by atoms with van der Waals surface area (Å²) in [7, 11) is -10.8. The summed E-state index contributed by atoms with van der Waals surface area (Å²) >= 11 is 0. The minimum absolute atomic E-state index is 0. The van der Waals surface area contributed by atoms with Gasteiger partial charge in [0.15, 0.2) is 5.82 Å². The monoisotopic (exact) mass is 652 g/mol. The van der Waals surface area contributed by atoms with Crippen molar-refractivity contribution in [1.29, 1.82) is 0 Å². The van der Waals surface area contributed by atoms with Crippen LogP contribution in [0.5, 0.6) is 0 Å². The van der Waals surface area contributed by atoms with Crippen molar-refractivity contribution in [3.05, 3.63) is 58.6 Å². The van der Waals surface area contributed by atoms with Crippen LogP contribution in [0.25, 0.3) is 0 Å². The average Bonchev–Trinajstić information content (AvgIpc) is 3.27. The quantitative estimate of drug-likeness (QED) is 0.0531. The predicted molar refractivity (Wildman–Crippen MR) is 139 cm³/mol. The van der Waals surface area contributed by atoms with Gasteiger partial charge in [0, 0.05) is 25.8 Å². The summed E-state index contributed by atoms with van der Waals surface area (Å²) in [6, 6.07) is 10.5. The standard InChI is InChI=1S/C23H32N4O13P2.3Li/c28-17-13-21(39-18(17)15-38-42(35,36)40-41(32,33)34)27-12-10-19(26-22(27)30)25-20(29)9-5-2-6-11-24-23(31)37-14-16-7-3-1-4-8-16;;;/h1,3-4,7-8,10,12,17-18,21,28H,2,5-6,9,11,13-15H2,(H,24,31)(H,35,36)(H2,32,33,34)(H,25,26,29,30);;;/q;3*+1/p-3/t17-,18+,21+;;;/m0.../s1. The van der Waals surface area contributed by atoms with E-state index in [1.54, 1.807) is 0 Å². The van der Waals surface area contributed by atoms with Crippen molar-refractivity contribution in [2.24, 2.45) is 9.98 Å². The third-order valence-electron chi connectivity index (χ3n) is 5.67. The van der Waals surface area contributed by atoms with Crippen LogP contribution in [0.3, 0.4) is 0 Å². The van der Waals surface area contributed by atoms with Crippen LogP contribution in [0.4, 0.5) is 5.82 Å². The van der Waals surface area contributed by atoms with Gasteiger partial charge < -0.3 is 39.5 Å². The fourth-order valence-electron chi connectivity index (χ4n) is 3.73. The van der Waals surface area contributed by atoms with E-state index >= 15 is 0 Å². The van der Waals surface area contributed by atoms with E-state index in [4.69, 9.17) is 14.4 Å². The first-order valence-corrected chi connectivity index (χ1v) is 15.6. The van der Waals surface area contributed by atoms with Crippen molar-refractivity contribution in [3.8, 4) is 0 Å². The van der Waals surface area contributed by atoms with Gasteiger partial charge in [-0.25, -0.2) is 18.7 Å². The molecule has 1 aromatic heterocycles. The van der Waals surface area contributed by atoms with Gasteiger partial charge in [-0.05, 0) is 36.8 Å². The Balaban J connectivity index is 0.00000645. The van der Waals surface area contributed by atoms with Crippen molar-refractivity contribution in [2.45, 2.75) is 57.1 Å². The van der Waals surface area contributed by atoms with Crippen LogP contribution < -0.4 is 77.4 Å². The molecule has 17 nitrogen and oxygen atoms in total.